The maximum absolute atomic E-state index is 6.13. The van der Waals surface area contributed by atoms with E-state index in [2.05, 4.69) is 43.4 Å². The molecule has 0 saturated carbocycles. The molecule has 0 fully saturated rings. The zero-order valence-corrected chi connectivity index (χ0v) is 11.7. The molecule has 1 N–H and O–H groups in total. The largest absolute Gasteiger partial charge is 0.380 e. The number of halogens is 1. The van der Waals surface area contributed by atoms with Crippen molar-refractivity contribution < 1.29 is 0 Å². The summed E-state index contributed by atoms with van der Waals surface area (Å²) >= 11 is 6.13. The molecule has 18 heavy (non-hydrogen) atoms. The summed E-state index contributed by atoms with van der Waals surface area (Å²) in [7, 11) is 0. The van der Waals surface area contributed by atoms with Crippen molar-refractivity contribution >= 4 is 17.3 Å². The molecule has 0 spiro atoms. The molecule has 3 nitrogen and oxygen atoms in total. The first-order valence-electron chi connectivity index (χ1n) is 6.09. The smallest absolute Gasteiger partial charge is 0.0637 e. The van der Waals surface area contributed by atoms with Crippen LogP contribution in [0.2, 0.25) is 5.02 Å². The van der Waals surface area contributed by atoms with Gasteiger partial charge >= 0.3 is 0 Å². The minimum atomic E-state index is 0.390. The van der Waals surface area contributed by atoms with E-state index >= 15 is 0 Å². The summed E-state index contributed by atoms with van der Waals surface area (Å²) in [4.78, 5) is 0. The first kappa shape index (κ1) is 13.0. The molecule has 0 unspecified atom stereocenters. The molecule has 96 valence electrons. The number of hydrogen-bond donors (Lipinski definition) is 1. The molecule has 0 saturated heterocycles. The Morgan fingerprint density at radius 2 is 2.17 bits per heavy atom. The molecule has 0 bridgehead atoms. The Morgan fingerprint density at radius 3 is 2.83 bits per heavy atom. The average Bonchev–Trinajstić information content (AvgIpc) is 2.79. The third kappa shape index (κ3) is 3.05. The highest BCUT2D eigenvalue weighted by atomic mass is 35.5. The van der Waals surface area contributed by atoms with Crippen LogP contribution in [0.25, 0.3) is 0 Å². The third-order valence-corrected chi connectivity index (χ3v) is 3.12. The molecule has 0 aliphatic heterocycles. The van der Waals surface area contributed by atoms with Gasteiger partial charge < -0.3 is 5.32 Å². The second-order valence-corrected chi connectivity index (χ2v) is 5.17. The molecule has 4 heteroatoms. The van der Waals surface area contributed by atoms with Gasteiger partial charge in [0, 0.05) is 24.3 Å². The number of benzene rings is 1. The standard InChI is InChI=1S/C14H18ClN3/c1-10(2)18-9-12(8-17-18)7-16-14-6-11(3)4-5-13(14)15/h4-6,8-10,16H,7H2,1-3H3. The van der Waals surface area contributed by atoms with Crippen LogP contribution in [0.3, 0.4) is 0 Å². The van der Waals surface area contributed by atoms with E-state index in [0.29, 0.717) is 6.04 Å². The fourth-order valence-electron chi connectivity index (χ4n) is 1.72. The van der Waals surface area contributed by atoms with Gasteiger partial charge in [0.1, 0.15) is 0 Å². The second kappa shape index (κ2) is 5.44. The molecule has 1 aromatic heterocycles. The van der Waals surface area contributed by atoms with Gasteiger partial charge in [0.2, 0.25) is 0 Å². The highest BCUT2D eigenvalue weighted by Crippen LogP contribution is 2.23. The molecule has 0 radical (unpaired) electrons. The molecule has 2 aromatic rings. The van der Waals surface area contributed by atoms with Crippen LogP contribution in [0.5, 0.6) is 0 Å². The van der Waals surface area contributed by atoms with Gasteiger partial charge in [-0.25, -0.2) is 0 Å². The summed E-state index contributed by atoms with van der Waals surface area (Å²) < 4.78 is 1.95. The van der Waals surface area contributed by atoms with Crippen LogP contribution in [0.15, 0.2) is 30.6 Å². The van der Waals surface area contributed by atoms with Crippen molar-refractivity contribution in [3.8, 4) is 0 Å². The first-order valence-corrected chi connectivity index (χ1v) is 6.47. The summed E-state index contributed by atoms with van der Waals surface area (Å²) in [5, 5.41) is 8.40. The zero-order chi connectivity index (χ0) is 13.1. The quantitative estimate of drug-likeness (QED) is 0.902. The Balaban J connectivity index is 2.04. The third-order valence-electron chi connectivity index (χ3n) is 2.79. The second-order valence-electron chi connectivity index (χ2n) is 4.76. The van der Waals surface area contributed by atoms with Crippen molar-refractivity contribution in [3.05, 3.63) is 46.7 Å². The molecular formula is C14H18ClN3. The molecule has 0 amide bonds. The number of nitrogens with one attached hydrogen (secondary N) is 1. The van der Waals surface area contributed by atoms with Gasteiger partial charge in [0.15, 0.2) is 0 Å². The Bertz CT molecular complexity index is 532. The van der Waals surface area contributed by atoms with E-state index in [1.807, 2.05) is 23.0 Å². The van der Waals surface area contributed by atoms with Crippen molar-refractivity contribution in [1.82, 2.24) is 9.78 Å². The highest BCUT2D eigenvalue weighted by Gasteiger charge is 2.03. The Morgan fingerprint density at radius 1 is 1.39 bits per heavy atom. The van der Waals surface area contributed by atoms with Gasteiger partial charge in [-0.1, -0.05) is 17.7 Å². The van der Waals surface area contributed by atoms with Crippen molar-refractivity contribution in [2.75, 3.05) is 5.32 Å². The van der Waals surface area contributed by atoms with Crippen LogP contribution in [0.4, 0.5) is 5.69 Å². The number of aryl methyl sites for hydroxylation is 1. The maximum Gasteiger partial charge on any atom is 0.0637 e. The molecule has 0 atom stereocenters. The number of aromatic nitrogens is 2. The summed E-state index contributed by atoms with van der Waals surface area (Å²) in [5.74, 6) is 0. The van der Waals surface area contributed by atoms with E-state index < -0.39 is 0 Å². The van der Waals surface area contributed by atoms with Crippen LogP contribution < -0.4 is 5.32 Å². The Kier molecular flexibility index (Phi) is 3.92. The summed E-state index contributed by atoms with van der Waals surface area (Å²) in [6, 6.07) is 6.36. The molecule has 2 rings (SSSR count). The van der Waals surface area contributed by atoms with Crippen LogP contribution >= 0.6 is 11.6 Å². The van der Waals surface area contributed by atoms with Gasteiger partial charge in [0.25, 0.3) is 0 Å². The monoisotopic (exact) mass is 263 g/mol. The van der Waals surface area contributed by atoms with Crippen molar-refractivity contribution in [2.45, 2.75) is 33.4 Å². The topological polar surface area (TPSA) is 29.9 Å². The Labute approximate surface area is 113 Å². The van der Waals surface area contributed by atoms with E-state index in [1.165, 1.54) is 5.56 Å². The lowest BCUT2D eigenvalue weighted by Crippen LogP contribution is -2.01. The average molecular weight is 264 g/mol. The van der Waals surface area contributed by atoms with Gasteiger partial charge in [-0.2, -0.15) is 5.10 Å². The number of rotatable bonds is 4. The van der Waals surface area contributed by atoms with Crippen molar-refractivity contribution in [2.24, 2.45) is 0 Å². The lowest BCUT2D eigenvalue weighted by atomic mass is 10.2. The van der Waals surface area contributed by atoms with E-state index in [0.717, 1.165) is 22.8 Å². The van der Waals surface area contributed by atoms with Gasteiger partial charge in [-0.05, 0) is 38.5 Å². The molecule has 0 aliphatic rings. The number of nitrogens with zero attached hydrogens (tertiary/aromatic N) is 2. The molecule has 1 heterocycles. The molecule has 0 aliphatic carbocycles. The number of hydrogen-bond acceptors (Lipinski definition) is 2. The predicted octanol–water partition coefficient (Wildman–Crippen LogP) is 4.04. The minimum Gasteiger partial charge on any atom is -0.380 e. The van der Waals surface area contributed by atoms with Crippen LogP contribution in [0.1, 0.15) is 31.0 Å². The predicted molar refractivity (Wildman–Crippen MR) is 76.1 cm³/mol. The van der Waals surface area contributed by atoms with Gasteiger partial charge in [-0.3, -0.25) is 4.68 Å². The normalized spacial score (nSPS) is 10.9. The Hall–Kier alpha value is -1.48. The van der Waals surface area contributed by atoms with Crippen LogP contribution in [-0.2, 0) is 6.54 Å². The minimum absolute atomic E-state index is 0.390. The summed E-state index contributed by atoms with van der Waals surface area (Å²) in [5.41, 5.74) is 3.31. The van der Waals surface area contributed by atoms with Crippen LogP contribution in [0, 0.1) is 6.92 Å². The molecular weight excluding hydrogens is 246 g/mol. The summed E-state index contributed by atoms with van der Waals surface area (Å²) in [6.07, 6.45) is 3.94. The van der Waals surface area contributed by atoms with E-state index in [1.54, 1.807) is 0 Å². The maximum atomic E-state index is 6.13. The van der Waals surface area contributed by atoms with E-state index in [4.69, 9.17) is 11.6 Å². The van der Waals surface area contributed by atoms with Crippen molar-refractivity contribution in [1.29, 1.82) is 0 Å². The first-order chi connectivity index (χ1) is 8.56. The van der Waals surface area contributed by atoms with Crippen molar-refractivity contribution in [3.63, 3.8) is 0 Å². The van der Waals surface area contributed by atoms with E-state index in [-0.39, 0.29) is 0 Å². The van der Waals surface area contributed by atoms with Crippen LogP contribution in [-0.4, -0.2) is 9.78 Å². The number of anilines is 1. The zero-order valence-electron chi connectivity index (χ0n) is 10.9. The lowest BCUT2D eigenvalue weighted by molar-refractivity contribution is 0.532. The van der Waals surface area contributed by atoms with Gasteiger partial charge in [-0.15, -0.1) is 0 Å². The fourth-order valence-corrected chi connectivity index (χ4v) is 1.91. The summed E-state index contributed by atoms with van der Waals surface area (Å²) in [6.45, 7) is 7.01. The highest BCUT2D eigenvalue weighted by molar-refractivity contribution is 6.33. The lowest BCUT2D eigenvalue weighted by Gasteiger charge is -2.08. The molecule has 1 aromatic carbocycles. The van der Waals surface area contributed by atoms with Gasteiger partial charge in [0.05, 0.1) is 16.9 Å². The SMILES string of the molecule is Cc1ccc(Cl)c(NCc2cnn(C(C)C)c2)c1. The fraction of sp³-hybridized carbons (Fsp3) is 0.357. The van der Waals surface area contributed by atoms with E-state index in [9.17, 15) is 0 Å².